The number of fused-ring (bicyclic) bond motifs is 3. The summed E-state index contributed by atoms with van der Waals surface area (Å²) < 4.78 is 25.7. The lowest BCUT2D eigenvalue weighted by Gasteiger charge is -2.32. The Balaban J connectivity index is 1.80. The summed E-state index contributed by atoms with van der Waals surface area (Å²) in [6.07, 6.45) is 0. The van der Waals surface area contributed by atoms with Crippen molar-refractivity contribution in [2.45, 2.75) is 38.9 Å². The van der Waals surface area contributed by atoms with Gasteiger partial charge in [-0.15, -0.1) is 0 Å². The Bertz CT molecular complexity index is 872. The summed E-state index contributed by atoms with van der Waals surface area (Å²) in [4.78, 5) is 0. The number of hydrogen-bond acceptors (Lipinski definition) is 3. The van der Waals surface area contributed by atoms with Gasteiger partial charge in [-0.05, 0) is 50.9 Å². The second kappa shape index (κ2) is 4.85. The van der Waals surface area contributed by atoms with E-state index >= 15 is 0 Å². The monoisotopic (exact) mass is 340 g/mol. The van der Waals surface area contributed by atoms with E-state index in [1.54, 1.807) is 0 Å². The fraction of sp³-hybridized carbons (Fsp3) is 0.368. The molecule has 0 radical (unpaired) electrons. The van der Waals surface area contributed by atoms with Crippen molar-refractivity contribution in [3.05, 3.63) is 42.5 Å². The van der Waals surface area contributed by atoms with Gasteiger partial charge in [-0.25, -0.2) is 0 Å². The molecule has 3 nitrogen and oxygen atoms in total. The second-order valence-electron chi connectivity index (χ2n) is 7.81. The quantitative estimate of drug-likeness (QED) is 0.592. The molecule has 0 N–H and O–H groups in total. The van der Waals surface area contributed by atoms with Gasteiger partial charge in [-0.3, -0.25) is 0 Å². The van der Waals surface area contributed by atoms with Gasteiger partial charge in [0, 0.05) is 10.6 Å². The van der Waals surface area contributed by atoms with Crippen LogP contribution in [0.4, 0.5) is 0 Å². The van der Waals surface area contributed by atoms with E-state index in [2.05, 4.69) is 6.07 Å². The van der Waals surface area contributed by atoms with Crippen molar-refractivity contribution < 1.29 is 13.9 Å². The van der Waals surface area contributed by atoms with Crippen LogP contribution in [-0.4, -0.2) is 25.0 Å². The number of hydrogen-bond donors (Lipinski definition) is 0. The predicted octanol–water partition coefficient (Wildman–Crippen LogP) is 2.91. The minimum Gasteiger partial charge on any atom is -0.399 e. The van der Waals surface area contributed by atoms with Gasteiger partial charge in [0.15, 0.2) is 0 Å². The van der Waals surface area contributed by atoms with Crippen LogP contribution in [0.1, 0.15) is 27.7 Å². The first kappa shape index (κ1) is 16.1. The van der Waals surface area contributed by atoms with Crippen LogP contribution >= 0.6 is 7.14 Å². The topological polar surface area (TPSA) is 35.5 Å². The average Bonchev–Trinajstić information content (AvgIpc) is 2.88. The van der Waals surface area contributed by atoms with Gasteiger partial charge in [0.2, 0.25) is 0 Å². The fourth-order valence-corrected chi connectivity index (χ4v) is 5.79. The molecule has 0 aromatic heterocycles. The largest absolute Gasteiger partial charge is 0.494 e. The molecule has 2 aromatic rings. The molecule has 2 heterocycles. The third-order valence-electron chi connectivity index (χ3n) is 5.66. The van der Waals surface area contributed by atoms with Crippen LogP contribution in [0.15, 0.2) is 42.5 Å². The first-order valence-electron chi connectivity index (χ1n) is 8.31. The van der Waals surface area contributed by atoms with Crippen LogP contribution in [0.25, 0.3) is 11.1 Å². The molecular weight excluding hydrogens is 318 g/mol. The van der Waals surface area contributed by atoms with Crippen molar-refractivity contribution >= 4 is 30.3 Å². The lowest BCUT2D eigenvalue weighted by atomic mass is 9.78. The van der Waals surface area contributed by atoms with Crippen LogP contribution in [0, 0.1) is 0 Å². The highest BCUT2D eigenvalue weighted by Crippen LogP contribution is 2.49. The van der Waals surface area contributed by atoms with E-state index in [0.29, 0.717) is 0 Å². The molecule has 0 bridgehead atoms. The smallest absolute Gasteiger partial charge is 0.399 e. The van der Waals surface area contributed by atoms with Gasteiger partial charge >= 0.3 is 7.12 Å². The highest BCUT2D eigenvalue weighted by molar-refractivity contribution is 7.79. The van der Waals surface area contributed by atoms with Gasteiger partial charge in [0.05, 0.1) is 11.2 Å². The molecule has 1 saturated heterocycles. The molecule has 2 aliphatic heterocycles. The summed E-state index contributed by atoms with van der Waals surface area (Å²) >= 11 is 0. The predicted molar refractivity (Wildman–Crippen MR) is 100 cm³/mol. The molecule has 24 heavy (non-hydrogen) atoms. The van der Waals surface area contributed by atoms with E-state index in [9.17, 15) is 4.57 Å². The maximum absolute atomic E-state index is 13.4. The Morgan fingerprint density at radius 2 is 1.46 bits per heavy atom. The van der Waals surface area contributed by atoms with Crippen LogP contribution in [0.3, 0.4) is 0 Å². The van der Waals surface area contributed by atoms with E-state index in [0.717, 1.165) is 27.2 Å². The van der Waals surface area contributed by atoms with Gasteiger partial charge in [-0.2, -0.15) is 0 Å². The Morgan fingerprint density at radius 3 is 2.12 bits per heavy atom. The minimum atomic E-state index is -2.57. The maximum Gasteiger partial charge on any atom is 0.494 e. The van der Waals surface area contributed by atoms with Crippen LogP contribution in [0.2, 0.25) is 0 Å². The average molecular weight is 340 g/mol. The van der Waals surface area contributed by atoms with Crippen molar-refractivity contribution in [3.8, 4) is 11.1 Å². The molecule has 1 fully saturated rings. The molecule has 1 atom stereocenters. The van der Waals surface area contributed by atoms with E-state index in [-0.39, 0.29) is 11.2 Å². The summed E-state index contributed by atoms with van der Waals surface area (Å²) in [5.74, 6) is 0. The first-order valence-corrected chi connectivity index (χ1v) is 10.5. The fourth-order valence-electron chi connectivity index (χ4n) is 3.46. The van der Waals surface area contributed by atoms with Crippen LogP contribution in [-0.2, 0) is 13.9 Å². The summed E-state index contributed by atoms with van der Waals surface area (Å²) in [6, 6.07) is 14.1. The molecule has 4 rings (SSSR count). The molecule has 0 amide bonds. The zero-order valence-corrected chi connectivity index (χ0v) is 15.7. The minimum absolute atomic E-state index is 0.379. The van der Waals surface area contributed by atoms with Gasteiger partial charge < -0.3 is 13.9 Å². The highest BCUT2D eigenvalue weighted by atomic mass is 31.2. The third-order valence-corrected chi connectivity index (χ3v) is 8.26. The number of rotatable bonds is 1. The third kappa shape index (κ3) is 2.10. The summed E-state index contributed by atoms with van der Waals surface area (Å²) in [5.41, 5.74) is 2.32. The van der Waals surface area contributed by atoms with Gasteiger partial charge in [0.25, 0.3) is 0 Å². The molecule has 2 aromatic carbocycles. The molecule has 0 aliphatic carbocycles. The lowest BCUT2D eigenvalue weighted by molar-refractivity contribution is 0.00578. The zero-order valence-electron chi connectivity index (χ0n) is 14.8. The SMILES string of the molecule is CC1(C)OB(c2ccc3c(c2)P(C)(=O)c2ccccc2-3)OC1(C)C. The molecule has 0 saturated carbocycles. The van der Waals surface area contributed by atoms with E-state index in [4.69, 9.17) is 9.31 Å². The normalized spacial score (nSPS) is 26.3. The summed E-state index contributed by atoms with van der Waals surface area (Å²) in [7, 11) is -2.99. The Labute approximate surface area is 143 Å². The Kier molecular flexibility index (Phi) is 3.26. The summed E-state index contributed by atoms with van der Waals surface area (Å²) in [5, 5.41) is 1.86. The Morgan fingerprint density at radius 1 is 0.875 bits per heavy atom. The van der Waals surface area contributed by atoms with Crippen molar-refractivity contribution in [2.24, 2.45) is 0 Å². The number of benzene rings is 2. The molecule has 2 aliphatic rings. The van der Waals surface area contributed by atoms with Gasteiger partial charge in [-0.1, -0.05) is 42.5 Å². The molecular formula is C19H22BO3P. The van der Waals surface area contributed by atoms with Crippen molar-refractivity contribution in [2.75, 3.05) is 6.66 Å². The second-order valence-corrected chi connectivity index (χ2v) is 10.6. The van der Waals surface area contributed by atoms with Crippen LogP contribution in [0.5, 0.6) is 0 Å². The molecule has 1 unspecified atom stereocenters. The van der Waals surface area contributed by atoms with Crippen molar-refractivity contribution in [1.82, 2.24) is 0 Å². The van der Waals surface area contributed by atoms with E-state index in [1.165, 1.54) is 0 Å². The molecule has 5 heteroatoms. The van der Waals surface area contributed by atoms with Gasteiger partial charge in [0.1, 0.15) is 7.14 Å². The van der Waals surface area contributed by atoms with E-state index in [1.807, 2.05) is 70.8 Å². The van der Waals surface area contributed by atoms with Crippen molar-refractivity contribution in [1.29, 1.82) is 0 Å². The lowest BCUT2D eigenvalue weighted by Crippen LogP contribution is -2.41. The first-order chi connectivity index (χ1) is 11.1. The maximum atomic E-state index is 13.4. The summed E-state index contributed by atoms with van der Waals surface area (Å²) in [6.45, 7) is 10.0. The zero-order chi connectivity index (χ0) is 17.3. The standard InChI is InChI=1S/C19H22BO3P/c1-18(2)19(3,4)23-20(22-18)13-10-11-15-14-8-6-7-9-16(14)24(5,21)17(15)12-13/h6-12H,1-5H3. The van der Waals surface area contributed by atoms with E-state index < -0.39 is 14.3 Å². The molecule has 124 valence electrons. The highest BCUT2D eigenvalue weighted by Gasteiger charge is 2.52. The van der Waals surface area contributed by atoms with Crippen molar-refractivity contribution in [3.63, 3.8) is 0 Å². The Hall–Kier alpha value is -1.35. The van der Waals surface area contributed by atoms with Crippen LogP contribution < -0.4 is 16.1 Å². The molecule has 0 spiro atoms.